The zero-order valence-corrected chi connectivity index (χ0v) is 38.5. The number of benzene rings is 5. The molecule has 0 fully saturated rings. The zero-order valence-electron chi connectivity index (χ0n) is 33.2. The van der Waals surface area contributed by atoms with Gasteiger partial charge in [-0.25, -0.2) is 0 Å². The third-order valence-corrected chi connectivity index (χ3v) is 10.4. The smallest absolute Gasteiger partial charge is 0.258 e. The average Bonchev–Trinajstić information content (AvgIpc) is 3.22. The van der Waals surface area contributed by atoms with E-state index in [4.69, 9.17) is 85.9 Å². The van der Waals surface area contributed by atoms with E-state index in [0.717, 1.165) is 13.8 Å². The summed E-state index contributed by atoms with van der Waals surface area (Å²) >= 11 is 43.5. The molecular formula is C42H31Cl7N8O7. The van der Waals surface area contributed by atoms with Crippen molar-refractivity contribution in [1.82, 2.24) is 0 Å². The predicted molar refractivity (Wildman–Crippen MR) is 249 cm³/mol. The third kappa shape index (κ3) is 13.0. The van der Waals surface area contributed by atoms with Crippen LogP contribution in [0.2, 0.25) is 30.1 Å². The number of carbonyl (C=O) groups is 6. The van der Waals surface area contributed by atoms with Crippen molar-refractivity contribution in [2.45, 2.75) is 38.4 Å². The van der Waals surface area contributed by atoms with Crippen LogP contribution in [0.15, 0.2) is 111 Å². The molecule has 0 heterocycles. The van der Waals surface area contributed by atoms with Gasteiger partial charge < -0.3 is 26.0 Å². The fourth-order valence-corrected chi connectivity index (χ4v) is 6.64. The highest BCUT2D eigenvalue weighted by molar-refractivity contribution is 6.39. The van der Waals surface area contributed by atoms with Gasteiger partial charge in [0.15, 0.2) is 17.1 Å². The highest BCUT2D eigenvalue weighted by Crippen LogP contribution is 2.35. The minimum atomic E-state index is -1.70. The van der Waals surface area contributed by atoms with Crippen LogP contribution in [0.1, 0.15) is 41.5 Å². The number of nitrogens with one attached hydrogen (secondary N) is 4. The molecule has 0 aromatic heterocycles. The van der Waals surface area contributed by atoms with E-state index in [0.29, 0.717) is 10.0 Å². The highest BCUT2D eigenvalue weighted by Gasteiger charge is 2.27. The number of ether oxygens (including phenoxy) is 1. The topological polar surface area (TPSA) is 209 Å². The molecule has 22 heteroatoms. The number of Topliss-reactive ketones (excluding diaryl/α,β-unsaturated/α-hetero) is 2. The Kier molecular flexibility index (Phi) is 17.2. The van der Waals surface area contributed by atoms with Gasteiger partial charge in [0.2, 0.25) is 12.1 Å². The normalized spacial score (nSPS) is 12.6. The van der Waals surface area contributed by atoms with Gasteiger partial charge in [-0.3, -0.25) is 28.8 Å². The summed E-state index contributed by atoms with van der Waals surface area (Å²) in [5.41, 5.74) is -0.502. The second kappa shape index (κ2) is 22.3. The van der Waals surface area contributed by atoms with Gasteiger partial charge >= 0.3 is 0 Å². The van der Waals surface area contributed by atoms with Gasteiger partial charge in [0.05, 0.1) is 48.3 Å². The van der Waals surface area contributed by atoms with Gasteiger partial charge in [-0.15, -0.1) is 0 Å². The number of anilines is 4. The summed E-state index contributed by atoms with van der Waals surface area (Å²) < 4.78 is 5.67. The standard InChI is InChI=1S/C42H31Cl7N8O7/c1-19(58)37(56-54-30-8-4-6-25(35(30)48)39(60)52-32-16-22(44)10-13-27(32)46)41(62)50-24-12-15-29(34(18-24)64-21(3)43)51-42(63)38(20(2)59)57-55-31-9-5-7-26(36(31)49)40(61)53-33-17-23(45)11-14-28(33)47/h4-18,21,37-38H,1-3H3,(H,50,62)(H,51,63)(H,52,60)(H,53,61). The predicted octanol–water partition coefficient (Wildman–Crippen LogP) is 12.4. The quantitative estimate of drug-likeness (QED) is 0.0426. The lowest BCUT2D eigenvalue weighted by molar-refractivity contribution is -0.127. The molecule has 4 amide bonds. The Morgan fingerprint density at radius 1 is 0.547 bits per heavy atom. The maximum absolute atomic E-state index is 13.5. The molecule has 330 valence electrons. The van der Waals surface area contributed by atoms with Crippen molar-refractivity contribution in [3.05, 3.63) is 132 Å². The zero-order chi connectivity index (χ0) is 46.8. The summed E-state index contributed by atoms with van der Waals surface area (Å²) in [6.45, 7) is 3.72. The fraction of sp³-hybridized carbons (Fsp3) is 0.143. The van der Waals surface area contributed by atoms with Crippen LogP contribution >= 0.6 is 81.2 Å². The molecule has 0 radical (unpaired) electrons. The Morgan fingerprint density at radius 3 is 1.44 bits per heavy atom. The highest BCUT2D eigenvalue weighted by atomic mass is 35.5. The van der Waals surface area contributed by atoms with E-state index in [1.165, 1.54) is 85.8 Å². The van der Waals surface area contributed by atoms with Gasteiger partial charge in [0.25, 0.3) is 23.6 Å². The van der Waals surface area contributed by atoms with Gasteiger partial charge in [0.1, 0.15) is 17.1 Å². The van der Waals surface area contributed by atoms with Crippen LogP contribution in [-0.4, -0.2) is 52.8 Å². The molecule has 0 aliphatic rings. The Bertz CT molecular complexity index is 2740. The number of halogens is 7. The second-order valence-corrected chi connectivity index (χ2v) is 16.3. The number of carbonyl (C=O) groups excluding carboxylic acids is 6. The van der Waals surface area contributed by atoms with Crippen LogP contribution in [0.3, 0.4) is 0 Å². The Hall–Kier alpha value is -5.65. The van der Waals surface area contributed by atoms with Crippen molar-refractivity contribution >= 4 is 151 Å². The molecule has 0 aliphatic carbocycles. The first-order valence-corrected chi connectivity index (χ1v) is 21.0. The molecular weight excluding hydrogens is 977 g/mol. The number of hydrogen-bond acceptors (Lipinski definition) is 11. The molecule has 15 nitrogen and oxygen atoms in total. The number of amides is 4. The van der Waals surface area contributed by atoms with Crippen LogP contribution in [0.25, 0.3) is 0 Å². The maximum Gasteiger partial charge on any atom is 0.258 e. The molecule has 3 atom stereocenters. The summed E-state index contributed by atoms with van der Waals surface area (Å²) in [4.78, 5) is 78.3. The third-order valence-electron chi connectivity index (χ3n) is 8.42. The van der Waals surface area contributed by atoms with Gasteiger partial charge in [-0.05, 0) is 93.6 Å². The molecule has 64 heavy (non-hydrogen) atoms. The Morgan fingerprint density at radius 2 is 1.00 bits per heavy atom. The van der Waals surface area contributed by atoms with E-state index >= 15 is 0 Å². The fourth-order valence-electron chi connectivity index (χ4n) is 5.37. The van der Waals surface area contributed by atoms with Crippen molar-refractivity contribution in [3.63, 3.8) is 0 Å². The van der Waals surface area contributed by atoms with Crippen molar-refractivity contribution in [2.75, 3.05) is 21.3 Å². The molecule has 5 rings (SSSR count). The minimum absolute atomic E-state index is 0.00678. The number of nitrogens with zero attached hydrogens (tertiary/aromatic N) is 4. The minimum Gasteiger partial charge on any atom is -0.473 e. The van der Waals surface area contributed by atoms with Crippen molar-refractivity contribution < 1.29 is 33.5 Å². The van der Waals surface area contributed by atoms with Gasteiger partial charge in [0, 0.05) is 21.8 Å². The van der Waals surface area contributed by atoms with Crippen molar-refractivity contribution in [3.8, 4) is 5.75 Å². The van der Waals surface area contributed by atoms with E-state index < -0.39 is 52.8 Å². The summed E-state index contributed by atoms with van der Waals surface area (Å²) in [7, 11) is 0. The van der Waals surface area contributed by atoms with Gasteiger partial charge in [-0.1, -0.05) is 93.3 Å². The van der Waals surface area contributed by atoms with E-state index in [1.807, 2.05) is 0 Å². The molecule has 5 aromatic carbocycles. The average molecular weight is 1010 g/mol. The van der Waals surface area contributed by atoms with E-state index in [9.17, 15) is 28.8 Å². The van der Waals surface area contributed by atoms with Crippen LogP contribution < -0.4 is 26.0 Å². The molecule has 3 unspecified atom stereocenters. The lowest BCUT2D eigenvalue weighted by Gasteiger charge is -2.17. The molecule has 5 aromatic rings. The van der Waals surface area contributed by atoms with E-state index in [1.54, 1.807) is 12.1 Å². The number of alkyl halides is 1. The lowest BCUT2D eigenvalue weighted by atomic mass is 10.1. The van der Waals surface area contributed by atoms with E-state index in [-0.39, 0.29) is 71.1 Å². The first kappa shape index (κ1) is 49.4. The summed E-state index contributed by atoms with van der Waals surface area (Å²) in [6, 6.07) is 18.2. The summed E-state index contributed by atoms with van der Waals surface area (Å²) in [6.07, 6.45) is 0. The monoisotopic (exact) mass is 1000 g/mol. The maximum atomic E-state index is 13.5. The Labute approximate surface area is 399 Å². The summed E-state index contributed by atoms with van der Waals surface area (Å²) in [5.74, 6) is -4.60. The van der Waals surface area contributed by atoms with Crippen LogP contribution in [0.4, 0.5) is 34.1 Å². The molecule has 0 spiro atoms. The number of azo groups is 2. The van der Waals surface area contributed by atoms with Crippen molar-refractivity contribution in [1.29, 1.82) is 0 Å². The van der Waals surface area contributed by atoms with Crippen LogP contribution in [-0.2, 0) is 19.2 Å². The van der Waals surface area contributed by atoms with Crippen molar-refractivity contribution in [2.24, 2.45) is 20.5 Å². The number of ketones is 2. The SMILES string of the molecule is CC(=O)C(N=Nc1cccc(C(=O)Nc2cc(Cl)ccc2Cl)c1Cl)C(=O)Nc1ccc(NC(=O)C(N=Nc2cccc(C(=O)Nc3cc(Cl)ccc3Cl)c2Cl)C(C)=O)c(OC(C)Cl)c1. The molecule has 0 aliphatic heterocycles. The molecule has 0 saturated carbocycles. The van der Waals surface area contributed by atoms with E-state index in [2.05, 4.69) is 41.7 Å². The first-order valence-electron chi connectivity index (χ1n) is 18.3. The number of rotatable bonds is 16. The Balaban J connectivity index is 1.30. The second-order valence-electron chi connectivity index (χ2n) is 13.2. The summed E-state index contributed by atoms with van der Waals surface area (Å²) in [5, 5.41) is 27.0. The van der Waals surface area contributed by atoms with Crippen LogP contribution in [0, 0.1) is 0 Å². The van der Waals surface area contributed by atoms with Crippen LogP contribution in [0.5, 0.6) is 5.75 Å². The molecule has 0 bridgehead atoms. The van der Waals surface area contributed by atoms with Gasteiger partial charge in [-0.2, -0.15) is 20.5 Å². The number of hydrogen-bond donors (Lipinski definition) is 4. The molecule has 4 N–H and O–H groups in total. The lowest BCUT2D eigenvalue weighted by Crippen LogP contribution is -2.32. The first-order chi connectivity index (χ1) is 30.3. The molecule has 0 saturated heterocycles. The largest absolute Gasteiger partial charge is 0.473 e.